The second kappa shape index (κ2) is 5.89. The van der Waals surface area contributed by atoms with Crippen LogP contribution in [0.25, 0.3) is 0 Å². The number of carbonyl (C=O) groups is 1. The number of nitrogens with one attached hydrogen (secondary N) is 2. The number of hydrogen-bond donors (Lipinski definition) is 2. The summed E-state index contributed by atoms with van der Waals surface area (Å²) in [5.74, 6) is -0.456. The van der Waals surface area contributed by atoms with Crippen molar-refractivity contribution in [3.8, 4) is 0 Å². The van der Waals surface area contributed by atoms with E-state index in [2.05, 4.69) is 26.6 Å². The lowest BCUT2D eigenvalue weighted by Gasteiger charge is -2.18. The van der Waals surface area contributed by atoms with Gasteiger partial charge in [-0.3, -0.25) is 4.79 Å². The molecule has 18 heavy (non-hydrogen) atoms. The molecule has 1 aliphatic rings. The van der Waals surface area contributed by atoms with Gasteiger partial charge in [-0.1, -0.05) is 11.6 Å². The van der Waals surface area contributed by atoms with Gasteiger partial charge < -0.3 is 10.6 Å². The molecule has 1 fully saturated rings. The van der Waals surface area contributed by atoms with E-state index in [1.54, 1.807) is 0 Å². The number of rotatable bonds is 2. The Kier molecular flexibility index (Phi) is 4.45. The molecule has 1 unspecified atom stereocenters. The molecule has 0 saturated carbocycles. The molecule has 1 amide bonds. The molecule has 0 radical (unpaired) electrons. The predicted molar refractivity (Wildman–Crippen MR) is 73.4 cm³/mol. The molecule has 0 aromatic heterocycles. The van der Waals surface area contributed by atoms with Crippen molar-refractivity contribution in [3.63, 3.8) is 0 Å². The predicted octanol–water partition coefficient (Wildman–Crippen LogP) is 3.32. The number of benzene rings is 1. The smallest absolute Gasteiger partial charge is 0.242 e. The summed E-state index contributed by atoms with van der Waals surface area (Å²) in [6.45, 7) is 0.704. The highest BCUT2D eigenvalue weighted by molar-refractivity contribution is 9.10. The molecule has 2 rings (SSSR count). The van der Waals surface area contributed by atoms with Gasteiger partial charge in [0.2, 0.25) is 5.91 Å². The molecule has 0 spiro atoms. The van der Waals surface area contributed by atoms with E-state index in [4.69, 9.17) is 11.6 Å². The van der Waals surface area contributed by atoms with E-state index in [-0.39, 0.29) is 17.0 Å². The van der Waals surface area contributed by atoms with Crippen molar-refractivity contribution in [2.45, 2.75) is 25.3 Å². The minimum atomic E-state index is -0.414. The molecule has 98 valence electrons. The Morgan fingerprint density at radius 2 is 2.22 bits per heavy atom. The third kappa shape index (κ3) is 3.14. The fraction of sp³-hybridized carbons (Fsp3) is 0.417. The highest BCUT2D eigenvalue weighted by Crippen LogP contribution is 2.32. The van der Waals surface area contributed by atoms with Crippen molar-refractivity contribution in [1.29, 1.82) is 0 Å². The summed E-state index contributed by atoms with van der Waals surface area (Å²) in [7, 11) is 0. The lowest BCUT2D eigenvalue weighted by Crippen LogP contribution is -2.38. The van der Waals surface area contributed by atoms with Crippen molar-refractivity contribution in [1.82, 2.24) is 5.32 Å². The Labute approximate surface area is 118 Å². The highest BCUT2D eigenvalue weighted by atomic mass is 79.9. The van der Waals surface area contributed by atoms with Crippen LogP contribution in [0.15, 0.2) is 16.6 Å². The van der Waals surface area contributed by atoms with Crippen LogP contribution in [0.5, 0.6) is 0 Å². The maximum atomic E-state index is 13.1. The summed E-state index contributed by atoms with van der Waals surface area (Å²) in [6, 6.07) is 2.22. The first kappa shape index (κ1) is 13.6. The molecule has 1 heterocycles. The van der Waals surface area contributed by atoms with Crippen LogP contribution >= 0.6 is 27.5 Å². The van der Waals surface area contributed by atoms with Crippen molar-refractivity contribution >= 4 is 39.1 Å². The largest absolute Gasteiger partial charge is 0.372 e. The van der Waals surface area contributed by atoms with Gasteiger partial charge in [0.15, 0.2) is 0 Å². The maximum Gasteiger partial charge on any atom is 0.242 e. The van der Waals surface area contributed by atoms with Crippen LogP contribution in [-0.4, -0.2) is 18.5 Å². The molecule has 3 nitrogen and oxygen atoms in total. The van der Waals surface area contributed by atoms with Crippen LogP contribution in [0.1, 0.15) is 19.3 Å². The van der Waals surface area contributed by atoms with Crippen LogP contribution in [0.4, 0.5) is 10.1 Å². The number of carbonyl (C=O) groups excluding carboxylic acids is 1. The van der Waals surface area contributed by atoms with E-state index in [0.29, 0.717) is 16.7 Å². The van der Waals surface area contributed by atoms with Gasteiger partial charge in [0, 0.05) is 11.0 Å². The Balaban J connectivity index is 2.20. The maximum absolute atomic E-state index is 13.1. The second-order valence-corrected chi connectivity index (χ2v) is 5.49. The van der Waals surface area contributed by atoms with Crippen LogP contribution in [0.3, 0.4) is 0 Å². The fourth-order valence-electron chi connectivity index (χ4n) is 1.93. The van der Waals surface area contributed by atoms with E-state index in [1.165, 1.54) is 12.1 Å². The van der Waals surface area contributed by atoms with Gasteiger partial charge >= 0.3 is 0 Å². The molecular formula is C12H13BrClFN2O. The third-order valence-corrected chi connectivity index (χ3v) is 3.78. The fourth-order valence-corrected chi connectivity index (χ4v) is 2.85. The van der Waals surface area contributed by atoms with E-state index in [9.17, 15) is 9.18 Å². The van der Waals surface area contributed by atoms with Gasteiger partial charge in [0.25, 0.3) is 0 Å². The first-order valence-corrected chi connectivity index (χ1v) is 6.94. The summed E-state index contributed by atoms with van der Waals surface area (Å²) in [6.07, 6.45) is 2.68. The Morgan fingerprint density at radius 1 is 1.44 bits per heavy atom. The average Bonchev–Trinajstić information content (AvgIpc) is 2.49. The molecule has 1 saturated heterocycles. The summed E-state index contributed by atoms with van der Waals surface area (Å²) < 4.78 is 13.6. The normalized spacial score (nSPS) is 20.2. The topological polar surface area (TPSA) is 41.1 Å². The molecule has 0 bridgehead atoms. The minimum absolute atomic E-state index is 0.0419. The van der Waals surface area contributed by atoms with Gasteiger partial charge in [0.05, 0.1) is 10.7 Å². The van der Waals surface area contributed by atoms with Crippen molar-refractivity contribution < 1.29 is 9.18 Å². The van der Waals surface area contributed by atoms with Crippen molar-refractivity contribution in [2.24, 2.45) is 0 Å². The lowest BCUT2D eigenvalue weighted by atomic mass is 10.1. The molecule has 6 heteroatoms. The summed E-state index contributed by atoms with van der Waals surface area (Å²) in [5.41, 5.74) is 0.556. The molecule has 0 aliphatic carbocycles. The molecule has 1 atom stereocenters. The standard InChI is InChI=1S/C12H13BrClFN2O/c13-8-5-7(15)6-9(14)11(8)17-10-3-1-2-4-16-12(10)18/h5-6,10,17H,1-4H2,(H,16,18). The van der Waals surface area contributed by atoms with Crippen molar-refractivity contribution in [3.05, 3.63) is 27.4 Å². The number of hydrogen-bond acceptors (Lipinski definition) is 2. The third-order valence-electron chi connectivity index (χ3n) is 2.86. The van der Waals surface area contributed by atoms with Gasteiger partial charge in [-0.15, -0.1) is 0 Å². The van der Waals surface area contributed by atoms with Crippen LogP contribution in [-0.2, 0) is 4.79 Å². The first-order chi connectivity index (χ1) is 8.58. The quantitative estimate of drug-likeness (QED) is 0.870. The zero-order chi connectivity index (χ0) is 13.1. The Morgan fingerprint density at radius 3 is 2.94 bits per heavy atom. The molecular weight excluding hydrogens is 322 g/mol. The monoisotopic (exact) mass is 334 g/mol. The lowest BCUT2D eigenvalue weighted by molar-refractivity contribution is -0.121. The Bertz CT molecular complexity index is 446. The van der Waals surface area contributed by atoms with Gasteiger partial charge in [-0.25, -0.2) is 4.39 Å². The SMILES string of the molecule is O=C1NCCCCC1Nc1c(Cl)cc(F)cc1Br. The minimum Gasteiger partial charge on any atom is -0.372 e. The zero-order valence-electron chi connectivity index (χ0n) is 9.60. The number of halogens is 3. The van der Waals surface area contributed by atoms with E-state index >= 15 is 0 Å². The summed E-state index contributed by atoms with van der Waals surface area (Å²) in [4.78, 5) is 11.8. The van der Waals surface area contributed by atoms with Crippen LogP contribution in [0.2, 0.25) is 5.02 Å². The van der Waals surface area contributed by atoms with E-state index in [1.807, 2.05) is 0 Å². The van der Waals surface area contributed by atoms with Crippen LogP contribution < -0.4 is 10.6 Å². The van der Waals surface area contributed by atoms with Gasteiger partial charge in [-0.2, -0.15) is 0 Å². The Hall–Kier alpha value is -0.810. The summed E-state index contributed by atoms with van der Waals surface area (Å²) in [5, 5.41) is 6.17. The highest BCUT2D eigenvalue weighted by Gasteiger charge is 2.22. The number of amides is 1. The molecule has 1 aliphatic heterocycles. The first-order valence-electron chi connectivity index (χ1n) is 5.76. The van der Waals surface area contributed by atoms with Gasteiger partial charge in [0.1, 0.15) is 11.9 Å². The molecule has 1 aromatic carbocycles. The second-order valence-electron chi connectivity index (χ2n) is 4.23. The van der Waals surface area contributed by atoms with Gasteiger partial charge in [-0.05, 0) is 47.3 Å². The van der Waals surface area contributed by atoms with E-state index in [0.717, 1.165) is 19.3 Å². The summed E-state index contributed by atoms with van der Waals surface area (Å²) >= 11 is 9.22. The zero-order valence-corrected chi connectivity index (χ0v) is 11.9. The average molecular weight is 336 g/mol. The molecule has 2 N–H and O–H groups in total. The van der Waals surface area contributed by atoms with E-state index < -0.39 is 5.82 Å². The molecule has 1 aromatic rings. The van der Waals surface area contributed by atoms with Crippen LogP contribution in [0, 0.1) is 5.82 Å². The van der Waals surface area contributed by atoms with Crippen molar-refractivity contribution in [2.75, 3.05) is 11.9 Å². The number of anilines is 1.